The van der Waals surface area contributed by atoms with Crippen molar-refractivity contribution in [3.8, 4) is 28.6 Å². The molecule has 15 heteroatoms. The number of ether oxygens (including phenoxy) is 3. The summed E-state index contributed by atoms with van der Waals surface area (Å²) < 4.78 is 142. The first kappa shape index (κ1) is 34.9. The molecule has 0 radical (unpaired) electrons. The highest BCUT2D eigenvalue weighted by atomic mass is 19.4. The minimum absolute atomic E-state index is 0.0344. The molecule has 0 amide bonds. The van der Waals surface area contributed by atoms with Crippen LogP contribution in [0.1, 0.15) is 42.3 Å². The van der Waals surface area contributed by atoms with Crippen LogP contribution in [-0.2, 0) is 32.1 Å². The van der Waals surface area contributed by atoms with Gasteiger partial charge in [-0.2, -0.15) is 39.5 Å². The largest absolute Gasteiger partial charge is 0.461 e. The molecule has 3 aromatic carbocycles. The zero-order valence-corrected chi connectivity index (χ0v) is 25.4. The minimum atomic E-state index is -5.97. The van der Waals surface area contributed by atoms with E-state index in [0.717, 1.165) is 12.1 Å². The highest BCUT2D eigenvalue weighted by molar-refractivity contribution is 5.57. The lowest BCUT2D eigenvalue weighted by Crippen LogP contribution is -2.36. The Morgan fingerprint density at radius 1 is 0.833 bits per heavy atom. The highest BCUT2D eigenvalue weighted by Gasteiger charge is 2.61. The van der Waals surface area contributed by atoms with Crippen LogP contribution in [0.15, 0.2) is 72.8 Å². The van der Waals surface area contributed by atoms with E-state index in [1.807, 2.05) is 6.92 Å². The Hall–Kier alpha value is -4.40. The van der Waals surface area contributed by atoms with Crippen molar-refractivity contribution in [3.05, 3.63) is 95.3 Å². The number of fused-ring (bicyclic) bond motifs is 1. The quantitative estimate of drug-likeness (QED) is 0.124. The van der Waals surface area contributed by atoms with Gasteiger partial charge < -0.3 is 18.8 Å². The summed E-state index contributed by atoms with van der Waals surface area (Å²) in [5.74, 6) is -5.16. The molecule has 0 aliphatic carbocycles. The van der Waals surface area contributed by atoms with Crippen molar-refractivity contribution in [2.45, 2.75) is 70.6 Å². The lowest BCUT2D eigenvalue weighted by molar-refractivity contribution is -0.291. The average Bonchev–Trinajstić information content (AvgIpc) is 3.64. The van der Waals surface area contributed by atoms with Gasteiger partial charge in [-0.25, -0.2) is 4.98 Å². The van der Waals surface area contributed by atoms with Gasteiger partial charge in [0.05, 0.1) is 5.69 Å². The average molecular weight is 688 g/mol. The number of aromatic nitrogens is 2. The number of hydrogen-bond donors (Lipinski definition) is 0. The fourth-order valence-corrected chi connectivity index (χ4v) is 5.24. The van der Waals surface area contributed by atoms with Gasteiger partial charge in [0.25, 0.3) is 0 Å². The summed E-state index contributed by atoms with van der Waals surface area (Å²) in [6, 6.07) is 17.7. The normalized spacial score (nSPS) is 13.5. The first-order valence-electron chi connectivity index (χ1n) is 14.8. The molecule has 0 fully saturated rings. The van der Waals surface area contributed by atoms with Crippen LogP contribution in [0.3, 0.4) is 0 Å². The molecule has 0 N–H and O–H groups in total. The van der Waals surface area contributed by atoms with Crippen LogP contribution in [0.5, 0.6) is 17.2 Å². The molecule has 2 heterocycles. The summed E-state index contributed by atoms with van der Waals surface area (Å²) in [5.41, 5.74) is -0.754. The fraction of sp³-hybridized carbons (Fsp3) is 0.364. The second kappa shape index (κ2) is 14.0. The molecule has 0 unspecified atom stereocenters. The van der Waals surface area contributed by atoms with Gasteiger partial charge in [0.15, 0.2) is 11.5 Å². The number of imidazole rings is 1. The van der Waals surface area contributed by atoms with Gasteiger partial charge in [0.1, 0.15) is 17.3 Å². The van der Waals surface area contributed by atoms with Gasteiger partial charge in [0.2, 0.25) is 6.79 Å². The van der Waals surface area contributed by atoms with Crippen molar-refractivity contribution in [1.82, 2.24) is 14.5 Å². The first-order valence-corrected chi connectivity index (χ1v) is 14.8. The van der Waals surface area contributed by atoms with E-state index in [1.54, 1.807) is 48.5 Å². The third-order valence-corrected chi connectivity index (χ3v) is 7.52. The molecule has 0 saturated carbocycles. The summed E-state index contributed by atoms with van der Waals surface area (Å²) in [5, 5.41) is 0. The zero-order valence-electron chi connectivity index (χ0n) is 25.4. The molecule has 5 rings (SSSR count). The van der Waals surface area contributed by atoms with E-state index in [4.69, 9.17) is 9.47 Å². The molecule has 1 aliphatic rings. The van der Waals surface area contributed by atoms with Crippen LogP contribution in [-0.4, -0.2) is 40.0 Å². The Balaban J connectivity index is 1.61. The molecule has 48 heavy (non-hydrogen) atoms. The van der Waals surface area contributed by atoms with E-state index in [9.17, 15) is 30.7 Å². The maximum atomic E-state index is 15.3. The summed E-state index contributed by atoms with van der Waals surface area (Å²) in [4.78, 5) is 5.42. The number of alkyl halides is 9. The van der Waals surface area contributed by atoms with Gasteiger partial charge in [-0.1, -0.05) is 61.9 Å². The van der Waals surface area contributed by atoms with Crippen molar-refractivity contribution in [2.75, 3.05) is 6.79 Å². The van der Waals surface area contributed by atoms with Gasteiger partial charge >= 0.3 is 24.6 Å². The second-order valence-electron chi connectivity index (χ2n) is 11.1. The monoisotopic (exact) mass is 687 g/mol. The Labute approximate surface area is 269 Å². The van der Waals surface area contributed by atoms with Crippen molar-refractivity contribution in [1.29, 1.82) is 0 Å². The lowest BCUT2D eigenvalue weighted by Gasteiger charge is -2.26. The molecule has 258 valence electrons. The van der Waals surface area contributed by atoms with E-state index in [-0.39, 0.29) is 37.8 Å². The van der Waals surface area contributed by atoms with Gasteiger partial charge in [0, 0.05) is 31.7 Å². The van der Waals surface area contributed by atoms with E-state index >= 15 is 8.78 Å². The number of hydrogen-bond acceptors (Lipinski definition) is 5. The van der Waals surface area contributed by atoms with E-state index in [0.29, 0.717) is 35.5 Å². The number of nitrogens with zero attached hydrogens (tertiary/aromatic N) is 3. The number of benzene rings is 3. The molecule has 6 nitrogen and oxygen atoms in total. The van der Waals surface area contributed by atoms with E-state index in [1.165, 1.54) is 21.6 Å². The molecular weight excluding hydrogens is 657 g/mol. The smallest absolute Gasteiger partial charge is 0.454 e. The van der Waals surface area contributed by atoms with Gasteiger partial charge in [-0.05, 0) is 41.8 Å². The number of halogens is 9. The Kier molecular flexibility index (Phi) is 10.2. The Morgan fingerprint density at radius 3 is 2.19 bits per heavy atom. The SMILES string of the molecule is CCCCn1c(-c2ccccc2)nc(C(F)(F)C(F)(F)F)c1CN(Cc1cccc(OC(F)(F)C(F)F)c1)Cc1ccc2c(c1)OCO2. The summed E-state index contributed by atoms with van der Waals surface area (Å²) in [6.07, 6.45) is -13.8. The third-order valence-electron chi connectivity index (χ3n) is 7.52. The van der Waals surface area contributed by atoms with Crippen LogP contribution in [0.2, 0.25) is 0 Å². The minimum Gasteiger partial charge on any atom is -0.454 e. The van der Waals surface area contributed by atoms with Crippen LogP contribution < -0.4 is 14.2 Å². The van der Waals surface area contributed by atoms with E-state index in [2.05, 4.69) is 9.72 Å². The van der Waals surface area contributed by atoms with Crippen LogP contribution in [0, 0.1) is 0 Å². The van der Waals surface area contributed by atoms with Crippen LogP contribution in [0.25, 0.3) is 11.4 Å². The lowest BCUT2D eigenvalue weighted by atomic mass is 10.1. The van der Waals surface area contributed by atoms with Crippen LogP contribution >= 0.6 is 0 Å². The standard InChI is InChI=1S/C33H30F9N3O3/c1-2-3-14-45-25(28(31(36,37)33(40,41)42)43-29(45)23-9-5-4-6-10-23)19-44(18-22-12-13-26-27(16-22)47-20-46-26)17-21-8-7-11-24(15-21)48-32(38,39)30(34)35/h4-13,15-16,30H,2-3,14,17-20H2,1H3. The Morgan fingerprint density at radius 2 is 1.52 bits per heavy atom. The van der Waals surface area contributed by atoms with E-state index < -0.39 is 48.3 Å². The molecule has 0 atom stereocenters. The van der Waals surface area contributed by atoms with Crippen LogP contribution in [0.4, 0.5) is 39.5 Å². The highest BCUT2D eigenvalue weighted by Crippen LogP contribution is 2.46. The molecular formula is C33H30F9N3O3. The Bertz CT molecular complexity index is 1690. The summed E-state index contributed by atoms with van der Waals surface area (Å²) >= 11 is 0. The number of unbranched alkanes of at least 4 members (excludes halogenated alkanes) is 1. The van der Waals surface area contributed by atoms with Crippen molar-refractivity contribution < 1.29 is 53.7 Å². The van der Waals surface area contributed by atoms with Gasteiger partial charge in [-0.3, -0.25) is 4.90 Å². The zero-order chi connectivity index (χ0) is 34.7. The molecule has 1 aromatic heterocycles. The third kappa shape index (κ3) is 7.66. The predicted molar refractivity (Wildman–Crippen MR) is 156 cm³/mol. The predicted octanol–water partition coefficient (Wildman–Crippen LogP) is 9.17. The fourth-order valence-electron chi connectivity index (χ4n) is 5.24. The van der Waals surface area contributed by atoms with Crippen molar-refractivity contribution in [2.24, 2.45) is 0 Å². The molecule has 0 saturated heterocycles. The molecule has 0 spiro atoms. The topological polar surface area (TPSA) is 48.8 Å². The first-order chi connectivity index (χ1) is 22.7. The second-order valence-corrected chi connectivity index (χ2v) is 11.1. The van der Waals surface area contributed by atoms with Gasteiger partial charge in [-0.15, -0.1) is 0 Å². The summed E-state index contributed by atoms with van der Waals surface area (Å²) in [6.45, 7) is 1.11. The molecule has 4 aromatic rings. The van der Waals surface area contributed by atoms with Crippen molar-refractivity contribution >= 4 is 0 Å². The number of rotatable bonds is 14. The summed E-state index contributed by atoms with van der Waals surface area (Å²) in [7, 11) is 0. The maximum Gasteiger partial charge on any atom is 0.461 e. The maximum absolute atomic E-state index is 15.3. The molecule has 0 bridgehead atoms. The van der Waals surface area contributed by atoms with Crippen molar-refractivity contribution in [3.63, 3.8) is 0 Å². The molecule has 1 aliphatic heterocycles.